The van der Waals surface area contributed by atoms with Gasteiger partial charge in [0.15, 0.2) is 4.80 Å². The molecule has 9 heteroatoms. The fourth-order valence-electron chi connectivity index (χ4n) is 2.52. The zero-order valence-electron chi connectivity index (χ0n) is 14.6. The van der Waals surface area contributed by atoms with Crippen LogP contribution in [-0.4, -0.2) is 28.5 Å². The summed E-state index contributed by atoms with van der Waals surface area (Å²) in [4.78, 5) is 38.9. The SMILES string of the molecule is C#CCn1c(=NC(=O)c2ccc(C(=O)OC)cc2)sc2cc([N+](=O)[O-])ccc21. The van der Waals surface area contributed by atoms with E-state index < -0.39 is 16.8 Å². The number of hydrogen-bond donors (Lipinski definition) is 0. The molecule has 0 radical (unpaired) electrons. The first-order valence-electron chi connectivity index (χ1n) is 7.93. The van der Waals surface area contributed by atoms with Gasteiger partial charge in [-0.15, -0.1) is 6.42 Å². The van der Waals surface area contributed by atoms with Crippen molar-refractivity contribution in [3.8, 4) is 12.3 Å². The van der Waals surface area contributed by atoms with Gasteiger partial charge < -0.3 is 9.30 Å². The Balaban J connectivity index is 2.05. The first kappa shape index (κ1) is 19.0. The van der Waals surface area contributed by atoms with E-state index in [0.29, 0.717) is 20.6 Å². The molecule has 1 aromatic heterocycles. The molecule has 0 atom stereocenters. The van der Waals surface area contributed by atoms with Crippen LogP contribution < -0.4 is 4.80 Å². The van der Waals surface area contributed by atoms with E-state index in [1.165, 1.54) is 43.5 Å². The second kappa shape index (κ2) is 7.85. The smallest absolute Gasteiger partial charge is 0.337 e. The van der Waals surface area contributed by atoms with E-state index in [1.807, 2.05) is 0 Å². The van der Waals surface area contributed by atoms with Gasteiger partial charge in [0, 0.05) is 17.7 Å². The van der Waals surface area contributed by atoms with Gasteiger partial charge in [0.2, 0.25) is 0 Å². The normalized spacial score (nSPS) is 11.2. The van der Waals surface area contributed by atoms with Crippen molar-refractivity contribution in [3.05, 3.63) is 68.5 Å². The van der Waals surface area contributed by atoms with Gasteiger partial charge in [-0.1, -0.05) is 17.3 Å². The predicted molar refractivity (Wildman–Crippen MR) is 103 cm³/mol. The Morgan fingerprint density at radius 2 is 1.93 bits per heavy atom. The number of hydrogen-bond acceptors (Lipinski definition) is 6. The summed E-state index contributed by atoms with van der Waals surface area (Å²) in [5.74, 6) is 1.46. The monoisotopic (exact) mass is 395 g/mol. The van der Waals surface area contributed by atoms with Crippen LogP contribution in [0.1, 0.15) is 20.7 Å². The minimum Gasteiger partial charge on any atom is -0.465 e. The number of rotatable bonds is 4. The third kappa shape index (κ3) is 3.67. The van der Waals surface area contributed by atoms with Crippen molar-refractivity contribution >= 4 is 39.1 Å². The summed E-state index contributed by atoms with van der Waals surface area (Å²) in [6, 6.07) is 10.3. The number of esters is 1. The molecule has 3 aromatic rings. The molecule has 3 rings (SSSR count). The minimum absolute atomic E-state index is 0.0575. The fraction of sp³-hybridized carbons (Fsp3) is 0.105. The number of thiazole rings is 1. The standard InChI is InChI=1S/C19H13N3O5S/c1-3-10-21-15-9-8-14(22(25)26)11-16(15)28-19(21)20-17(23)12-4-6-13(7-5-12)18(24)27-2/h1,4-9,11H,10H2,2H3. The lowest BCUT2D eigenvalue weighted by Crippen LogP contribution is -2.16. The van der Waals surface area contributed by atoms with Crippen LogP contribution in [-0.2, 0) is 11.3 Å². The number of amides is 1. The Morgan fingerprint density at radius 1 is 1.25 bits per heavy atom. The summed E-state index contributed by atoms with van der Waals surface area (Å²) in [5, 5.41) is 11.0. The summed E-state index contributed by atoms with van der Waals surface area (Å²) in [5.41, 5.74) is 1.19. The molecule has 0 aliphatic heterocycles. The maximum absolute atomic E-state index is 12.5. The Bertz CT molecular complexity index is 1200. The number of nitro benzene ring substituents is 1. The van der Waals surface area contributed by atoms with Gasteiger partial charge in [0.05, 0.1) is 34.4 Å². The lowest BCUT2D eigenvalue weighted by molar-refractivity contribution is -0.384. The number of fused-ring (bicyclic) bond motifs is 1. The number of ether oxygens (including phenoxy) is 1. The minimum atomic E-state index is -0.525. The Hall–Kier alpha value is -3.77. The topological polar surface area (TPSA) is 104 Å². The summed E-state index contributed by atoms with van der Waals surface area (Å²) >= 11 is 1.13. The summed E-state index contributed by atoms with van der Waals surface area (Å²) in [6.07, 6.45) is 5.41. The molecule has 0 spiro atoms. The Labute approximate surface area is 162 Å². The number of non-ortho nitro benzene ring substituents is 1. The first-order valence-corrected chi connectivity index (χ1v) is 8.75. The van der Waals surface area contributed by atoms with Crippen LogP contribution in [0.4, 0.5) is 5.69 Å². The van der Waals surface area contributed by atoms with Gasteiger partial charge in [-0.25, -0.2) is 4.79 Å². The molecule has 1 amide bonds. The molecule has 0 saturated carbocycles. The molecule has 0 fully saturated rings. The number of carbonyl (C=O) groups excluding carboxylic acids is 2. The van der Waals surface area contributed by atoms with Gasteiger partial charge >= 0.3 is 5.97 Å². The lowest BCUT2D eigenvalue weighted by atomic mass is 10.1. The average Bonchev–Trinajstić information content (AvgIpc) is 3.04. The zero-order valence-corrected chi connectivity index (χ0v) is 15.4. The van der Waals surface area contributed by atoms with Crippen molar-refractivity contribution < 1.29 is 19.2 Å². The third-order valence-corrected chi connectivity index (χ3v) is 4.92. The predicted octanol–water partition coefficient (Wildman–Crippen LogP) is 2.77. The van der Waals surface area contributed by atoms with Gasteiger partial charge in [0.25, 0.3) is 11.6 Å². The fourth-order valence-corrected chi connectivity index (χ4v) is 3.58. The van der Waals surface area contributed by atoms with Gasteiger partial charge in [0.1, 0.15) is 0 Å². The van der Waals surface area contributed by atoms with E-state index in [9.17, 15) is 19.7 Å². The lowest BCUT2D eigenvalue weighted by Gasteiger charge is -2.01. The van der Waals surface area contributed by atoms with Crippen molar-refractivity contribution in [1.82, 2.24) is 4.57 Å². The second-order valence-electron chi connectivity index (χ2n) is 5.57. The number of nitro groups is 1. The number of nitrogens with zero attached hydrogens (tertiary/aromatic N) is 3. The van der Waals surface area contributed by atoms with Crippen LogP contribution in [0.25, 0.3) is 10.2 Å². The second-order valence-corrected chi connectivity index (χ2v) is 6.58. The molecule has 8 nitrogen and oxygen atoms in total. The Kier molecular flexibility index (Phi) is 5.33. The molecule has 28 heavy (non-hydrogen) atoms. The summed E-state index contributed by atoms with van der Waals surface area (Å²) in [6.45, 7) is 0.158. The molecule has 1 heterocycles. The molecule has 140 valence electrons. The van der Waals surface area contributed by atoms with Gasteiger partial charge in [-0.05, 0) is 30.3 Å². The maximum Gasteiger partial charge on any atom is 0.337 e. The molecule has 0 aliphatic carbocycles. The van der Waals surface area contributed by atoms with Crippen LogP contribution >= 0.6 is 11.3 Å². The molecule has 0 saturated heterocycles. The summed E-state index contributed by atoms with van der Waals surface area (Å²) < 4.78 is 6.86. The molecule has 0 N–H and O–H groups in total. The van der Waals surface area contributed by atoms with E-state index in [1.54, 1.807) is 10.6 Å². The first-order chi connectivity index (χ1) is 13.4. The summed E-state index contributed by atoms with van der Waals surface area (Å²) in [7, 11) is 1.27. The quantitative estimate of drug-likeness (QED) is 0.292. The molecule has 2 aromatic carbocycles. The number of carbonyl (C=O) groups is 2. The molecular formula is C19H13N3O5S. The van der Waals surface area contributed by atoms with Crippen molar-refractivity contribution in [2.45, 2.75) is 6.54 Å². The number of aromatic nitrogens is 1. The van der Waals surface area contributed by atoms with Crippen LogP contribution in [0.3, 0.4) is 0 Å². The highest BCUT2D eigenvalue weighted by molar-refractivity contribution is 7.16. The van der Waals surface area contributed by atoms with Crippen LogP contribution in [0.5, 0.6) is 0 Å². The van der Waals surface area contributed by atoms with E-state index in [2.05, 4.69) is 15.6 Å². The average molecular weight is 395 g/mol. The van der Waals surface area contributed by atoms with Crippen LogP contribution in [0.15, 0.2) is 47.5 Å². The highest BCUT2D eigenvalue weighted by atomic mass is 32.1. The van der Waals surface area contributed by atoms with Crippen molar-refractivity contribution in [2.24, 2.45) is 4.99 Å². The molecular weight excluding hydrogens is 382 g/mol. The van der Waals surface area contributed by atoms with E-state index in [-0.39, 0.29) is 17.8 Å². The van der Waals surface area contributed by atoms with E-state index in [0.717, 1.165) is 11.3 Å². The zero-order chi connectivity index (χ0) is 20.3. The van der Waals surface area contributed by atoms with E-state index >= 15 is 0 Å². The van der Waals surface area contributed by atoms with Crippen molar-refractivity contribution in [2.75, 3.05) is 7.11 Å². The molecule has 0 unspecified atom stereocenters. The Morgan fingerprint density at radius 3 is 2.54 bits per heavy atom. The van der Waals surface area contributed by atoms with Crippen molar-refractivity contribution in [3.63, 3.8) is 0 Å². The highest BCUT2D eigenvalue weighted by Crippen LogP contribution is 2.23. The maximum atomic E-state index is 12.5. The number of benzene rings is 2. The van der Waals surface area contributed by atoms with Gasteiger partial charge in [-0.3, -0.25) is 14.9 Å². The highest BCUT2D eigenvalue weighted by Gasteiger charge is 2.13. The molecule has 0 aliphatic rings. The number of methoxy groups -OCH3 is 1. The molecule has 0 bridgehead atoms. The third-order valence-electron chi connectivity index (χ3n) is 3.88. The largest absolute Gasteiger partial charge is 0.465 e. The van der Waals surface area contributed by atoms with Crippen LogP contribution in [0, 0.1) is 22.5 Å². The number of terminal acetylenes is 1. The van der Waals surface area contributed by atoms with Gasteiger partial charge in [-0.2, -0.15) is 4.99 Å². The van der Waals surface area contributed by atoms with Crippen molar-refractivity contribution in [1.29, 1.82) is 0 Å². The van der Waals surface area contributed by atoms with Crippen LogP contribution in [0.2, 0.25) is 0 Å². The van der Waals surface area contributed by atoms with E-state index in [4.69, 9.17) is 6.42 Å².